The molecule has 3 aromatic carbocycles. The van der Waals surface area contributed by atoms with Gasteiger partial charge in [0.15, 0.2) is 0 Å². The first-order chi connectivity index (χ1) is 12.3. The van der Waals surface area contributed by atoms with Crippen LogP contribution in [0.1, 0.15) is 0 Å². The molecule has 0 fully saturated rings. The first-order valence-corrected chi connectivity index (χ1v) is 9.31. The summed E-state index contributed by atoms with van der Waals surface area (Å²) in [6, 6.07) is 26.0. The Kier molecular flexibility index (Phi) is 5.75. The summed E-state index contributed by atoms with van der Waals surface area (Å²) < 4.78 is 0. The van der Waals surface area contributed by atoms with E-state index in [9.17, 15) is 4.79 Å². The number of hydrogen-bond acceptors (Lipinski definition) is 3. The van der Waals surface area contributed by atoms with Crippen LogP contribution in [-0.4, -0.2) is 18.7 Å². The third-order valence-electron chi connectivity index (χ3n) is 3.83. The molecule has 25 heavy (non-hydrogen) atoms. The van der Waals surface area contributed by atoms with E-state index in [1.54, 1.807) is 11.8 Å². The molecule has 0 unspecified atom stereocenters. The van der Waals surface area contributed by atoms with E-state index in [2.05, 4.69) is 28.8 Å². The van der Waals surface area contributed by atoms with Crippen molar-refractivity contribution in [1.29, 1.82) is 0 Å². The number of hydrogen-bond donors (Lipinski definition) is 2. The zero-order valence-corrected chi connectivity index (χ0v) is 14.8. The third-order valence-corrected chi connectivity index (χ3v) is 4.57. The van der Waals surface area contributed by atoms with Crippen LogP contribution in [0.5, 0.6) is 0 Å². The average Bonchev–Trinajstić information content (AvgIpc) is 2.68. The van der Waals surface area contributed by atoms with Gasteiger partial charge < -0.3 is 10.6 Å². The van der Waals surface area contributed by atoms with Crippen molar-refractivity contribution in [3.05, 3.63) is 78.9 Å². The number of thioether (sulfide) groups is 1. The van der Waals surface area contributed by atoms with Gasteiger partial charge in [-0.05, 0) is 42.2 Å². The molecule has 2 N–H and O–H groups in total. The van der Waals surface area contributed by atoms with Crippen LogP contribution in [0, 0.1) is 0 Å². The van der Waals surface area contributed by atoms with Crippen molar-refractivity contribution in [3.63, 3.8) is 0 Å². The Morgan fingerprint density at radius 1 is 0.880 bits per heavy atom. The molecular weight excluding hydrogens is 328 g/mol. The van der Waals surface area contributed by atoms with E-state index in [0.29, 0.717) is 0 Å². The normalized spacial score (nSPS) is 10.3. The minimum Gasteiger partial charge on any atom is -0.376 e. The number of carbonyl (C=O) groups excluding carboxylic acids is 1. The average molecular weight is 348 g/mol. The van der Waals surface area contributed by atoms with Crippen LogP contribution >= 0.6 is 11.8 Å². The first-order valence-electron chi connectivity index (χ1n) is 8.08. The molecule has 0 saturated heterocycles. The van der Waals surface area contributed by atoms with Gasteiger partial charge in [-0.25, -0.2) is 0 Å². The predicted octanol–water partition coefficient (Wildman–Crippen LogP) is 5.13. The highest BCUT2D eigenvalue weighted by Crippen LogP contribution is 2.27. The van der Waals surface area contributed by atoms with Gasteiger partial charge in [0, 0.05) is 21.8 Å². The Morgan fingerprint density at radius 3 is 2.28 bits per heavy atom. The number of nitrogens with one attached hydrogen (secondary N) is 2. The van der Waals surface area contributed by atoms with Crippen molar-refractivity contribution < 1.29 is 4.79 Å². The van der Waals surface area contributed by atoms with Gasteiger partial charge in [-0.1, -0.05) is 48.5 Å². The molecule has 0 saturated carbocycles. The van der Waals surface area contributed by atoms with Gasteiger partial charge in [-0.15, -0.1) is 11.8 Å². The summed E-state index contributed by atoms with van der Waals surface area (Å²) in [6.45, 7) is 0.216. The van der Waals surface area contributed by atoms with Crippen LogP contribution in [0.4, 0.5) is 11.4 Å². The van der Waals surface area contributed by atoms with Gasteiger partial charge in [0.05, 0.1) is 6.54 Å². The van der Waals surface area contributed by atoms with E-state index < -0.39 is 0 Å². The Bertz CT molecular complexity index is 832. The minimum absolute atomic E-state index is 0.0697. The summed E-state index contributed by atoms with van der Waals surface area (Å²) in [5, 5.41) is 6.15. The van der Waals surface area contributed by atoms with Crippen LogP contribution in [0.25, 0.3) is 11.1 Å². The summed E-state index contributed by atoms with van der Waals surface area (Å²) in [5.41, 5.74) is 3.96. The molecule has 3 rings (SSSR count). The summed E-state index contributed by atoms with van der Waals surface area (Å²) in [6.07, 6.45) is 2.03. The topological polar surface area (TPSA) is 41.1 Å². The number of carbonyl (C=O) groups is 1. The highest BCUT2D eigenvalue weighted by molar-refractivity contribution is 7.98. The fourth-order valence-electron chi connectivity index (χ4n) is 2.56. The fraction of sp³-hybridized carbons (Fsp3) is 0.0952. The fourth-order valence-corrected chi connectivity index (χ4v) is 2.97. The van der Waals surface area contributed by atoms with E-state index in [1.165, 1.54) is 4.90 Å². The molecule has 1 amide bonds. The molecule has 0 aliphatic rings. The highest BCUT2D eigenvalue weighted by Gasteiger charge is 2.07. The molecule has 0 spiro atoms. The molecule has 0 bridgehead atoms. The molecule has 0 heterocycles. The molecule has 0 radical (unpaired) electrons. The Morgan fingerprint density at radius 2 is 1.56 bits per heavy atom. The van der Waals surface area contributed by atoms with E-state index in [1.807, 2.05) is 66.9 Å². The smallest absolute Gasteiger partial charge is 0.243 e. The second-order valence-corrected chi connectivity index (χ2v) is 6.42. The lowest BCUT2D eigenvalue weighted by Gasteiger charge is -2.12. The van der Waals surface area contributed by atoms with Crippen molar-refractivity contribution in [2.45, 2.75) is 4.90 Å². The van der Waals surface area contributed by atoms with Crippen molar-refractivity contribution in [3.8, 4) is 11.1 Å². The van der Waals surface area contributed by atoms with Gasteiger partial charge in [0.25, 0.3) is 0 Å². The van der Waals surface area contributed by atoms with Gasteiger partial charge in [0.2, 0.25) is 5.91 Å². The quantitative estimate of drug-likeness (QED) is 0.607. The van der Waals surface area contributed by atoms with Crippen molar-refractivity contribution in [1.82, 2.24) is 0 Å². The van der Waals surface area contributed by atoms with Gasteiger partial charge in [-0.2, -0.15) is 0 Å². The van der Waals surface area contributed by atoms with Crippen LogP contribution in [0.3, 0.4) is 0 Å². The van der Waals surface area contributed by atoms with Crippen LogP contribution in [0.2, 0.25) is 0 Å². The van der Waals surface area contributed by atoms with Crippen LogP contribution in [-0.2, 0) is 4.79 Å². The van der Waals surface area contributed by atoms with Crippen molar-refractivity contribution >= 4 is 29.0 Å². The summed E-state index contributed by atoms with van der Waals surface area (Å²) >= 11 is 1.68. The third kappa shape index (κ3) is 4.64. The lowest BCUT2D eigenvalue weighted by molar-refractivity contribution is -0.114. The minimum atomic E-state index is -0.0697. The van der Waals surface area contributed by atoms with E-state index in [-0.39, 0.29) is 12.5 Å². The maximum atomic E-state index is 12.2. The molecule has 0 aliphatic heterocycles. The lowest BCUT2D eigenvalue weighted by atomic mass is 10.0. The second kappa shape index (κ2) is 8.40. The molecule has 126 valence electrons. The highest BCUT2D eigenvalue weighted by atomic mass is 32.2. The van der Waals surface area contributed by atoms with Crippen LogP contribution < -0.4 is 10.6 Å². The van der Waals surface area contributed by atoms with Crippen molar-refractivity contribution in [2.24, 2.45) is 0 Å². The largest absolute Gasteiger partial charge is 0.376 e. The standard InChI is InChI=1S/C21H20N2OS/c1-25-18-13-11-17(12-14-18)23-21(24)15-22-20-10-6-5-9-19(20)16-7-3-2-4-8-16/h2-14,22H,15H2,1H3,(H,23,24). The number of anilines is 2. The number of rotatable bonds is 6. The van der Waals surface area contributed by atoms with E-state index >= 15 is 0 Å². The summed E-state index contributed by atoms with van der Waals surface area (Å²) in [5.74, 6) is -0.0697. The zero-order chi connectivity index (χ0) is 17.5. The first kappa shape index (κ1) is 17.1. The molecule has 4 heteroatoms. The van der Waals surface area contributed by atoms with E-state index in [0.717, 1.165) is 22.5 Å². The Balaban J connectivity index is 1.64. The predicted molar refractivity (Wildman–Crippen MR) is 107 cm³/mol. The molecule has 0 aromatic heterocycles. The molecule has 3 aromatic rings. The summed E-state index contributed by atoms with van der Waals surface area (Å²) in [4.78, 5) is 13.4. The van der Waals surface area contributed by atoms with Crippen molar-refractivity contribution in [2.75, 3.05) is 23.4 Å². The lowest BCUT2D eigenvalue weighted by Crippen LogP contribution is -2.21. The molecule has 0 atom stereocenters. The molecule has 0 aliphatic carbocycles. The SMILES string of the molecule is CSc1ccc(NC(=O)CNc2ccccc2-c2ccccc2)cc1. The monoisotopic (exact) mass is 348 g/mol. The number of para-hydroxylation sites is 1. The van der Waals surface area contributed by atoms with Crippen LogP contribution in [0.15, 0.2) is 83.8 Å². The maximum absolute atomic E-state index is 12.2. The second-order valence-electron chi connectivity index (χ2n) is 5.54. The van der Waals surface area contributed by atoms with Gasteiger partial charge >= 0.3 is 0 Å². The number of benzene rings is 3. The van der Waals surface area contributed by atoms with Gasteiger partial charge in [0.1, 0.15) is 0 Å². The Labute approximate surface area is 152 Å². The van der Waals surface area contributed by atoms with E-state index in [4.69, 9.17) is 0 Å². The Hall–Kier alpha value is -2.72. The summed E-state index contributed by atoms with van der Waals surface area (Å²) in [7, 11) is 0. The molecule has 3 nitrogen and oxygen atoms in total. The number of amides is 1. The zero-order valence-electron chi connectivity index (χ0n) is 14.0. The molecular formula is C21H20N2OS. The van der Waals surface area contributed by atoms with Gasteiger partial charge in [-0.3, -0.25) is 4.79 Å². The maximum Gasteiger partial charge on any atom is 0.243 e.